The van der Waals surface area contributed by atoms with E-state index in [9.17, 15) is 4.79 Å². The molecule has 0 radical (unpaired) electrons. The van der Waals surface area contributed by atoms with Crippen molar-refractivity contribution >= 4 is 44.7 Å². The van der Waals surface area contributed by atoms with Gasteiger partial charge in [-0.3, -0.25) is 24.8 Å². The molecule has 0 fully saturated rings. The first-order valence-electron chi connectivity index (χ1n) is 11.9. The predicted octanol–water partition coefficient (Wildman–Crippen LogP) is 6.67. The van der Waals surface area contributed by atoms with Gasteiger partial charge in [0, 0.05) is 45.6 Å². The van der Waals surface area contributed by atoms with Gasteiger partial charge in [-0.2, -0.15) is 5.10 Å². The van der Waals surface area contributed by atoms with Crippen LogP contribution in [0.4, 0.5) is 5.69 Å². The predicted molar refractivity (Wildman–Crippen MR) is 148 cm³/mol. The lowest BCUT2D eigenvalue weighted by Gasteiger charge is -2.17. The number of aromatic amines is 2. The highest BCUT2D eigenvalue weighted by Gasteiger charge is 2.17. The molecule has 0 spiro atoms. The van der Waals surface area contributed by atoms with E-state index in [0.29, 0.717) is 12.1 Å². The van der Waals surface area contributed by atoms with Crippen molar-refractivity contribution in [1.29, 1.82) is 0 Å². The SMILES string of the molecule is CC(C)(C)CC(=O)Nc1cncc(-c2cc3c(-c4cc5c(-c6cccs6)cncc5[nH]4)n[nH]c3cn2)c1. The fourth-order valence-corrected chi connectivity index (χ4v) is 5.17. The maximum Gasteiger partial charge on any atom is 0.224 e. The van der Waals surface area contributed by atoms with E-state index in [1.165, 1.54) is 4.88 Å². The average molecular weight is 508 g/mol. The molecule has 8 nitrogen and oxygen atoms in total. The smallest absolute Gasteiger partial charge is 0.224 e. The van der Waals surface area contributed by atoms with Gasteiger partial charge < -0.3 is 10.3 Å². The van der Waals surface area contributed by atoms with E-state index in [1.54, 1.807) is 29.9 Å². The molecular formula is C28H25N7OS. The fourth-order valence-electron chi connectivity index (χ4n) is 4.42. The van der Waals surface area contributed by atoms with Gasteiger partial charge in [-0.1, -0.05) is 26.8 Å². The molecule has 1 amide bonds. The number of anilines is 1. The van der Waals surface area contributed by atoms with Gasteiger partial charge in [-0.05, 0) is 35.1 Å². The molecule has 37 heavy (non-hydrogen) atoms. The first-order valence-corrected chi connectivity index (χ1v) is 12.8. The second-order valence-electron chi connectivity index (χ2n) is 10.2. The van der Waals surface area contributed by atoms with Crippen LogP contribution in [0.1, 0.15) is 27.2 Å². The zero-order chi connectivity index (χ0) is 25.6. The largest absolute Gasteiger partial charge is 0.352 e. The number of fused-ring (bicyclic) bond motifs is 2. The van der Waals surface area contributed by atoms with Crippen LogP contribution in [0.2, 0.25) is 0 Å². The van der Waals surface area contributed by atoms with Crippen molar-refractivity contribution in [2.75, 3.05) is 5.32 Å². The minimum atomic E-state index is -0.0946. The Bertz CT molecular complexity index is 1740. The van der Waals surface area contributed by atoms with Crippen LogP contribution in [-0.4, -0.2) is 36.0 Å². The Morgan fingerprint density at radius 3 is 2.68 bits per heavy atom. The highest BCUT2D eigenvalue weighted by molar-refractivity contribution is 7.13. The summed E-state index contributed by atoms with van der Waals surface area (Å²) in [5.41, 5.74) is 6.67. The summed E-state index contributed by atoms with van der Waals surface area (Å²) in [6.07, 6.45) is 9.33. The van der Waals surface area contributed by atoms with Gasteiger partial charge in [0.2, 0.25) is 5.91 Å². The minimum Gasteiger partial charge on any atom is -0.352 e. The molecule has 6 aromatic heterocycles. The fraction of sp³-hybridized carbons (Fsp3) is 0.179. The van der Waals surface area contributed by atoms with Crippen molar-refractivity contribution in [3.05, 3.63) is 66.7 Å². The quantitative estimate of drug-likeness (QED) is 0.241. The number of carbonyl (C=O) groups excluding carboxylic acids is 1. The number of thiophene rings is 1. The lowest BCUT2D eigenvalue weighted by molar-refractivity contribution is -0.117. The molecule has 0 aliphatic rings. The number of carbonyl (C=O) groups is 1. The molecule has 6 heterocycles. The van der Waals surface area contributed by atoms with Crippen molar-refractivity contribution < 1.29 is 4.79 Å². The van der Waals surface area contributed by atoms with E-state index in [-0.39, 0.29) is 11.3 Å². The van der Waals surface area contributed by atoms with E-state index < -0.39 is 0 Å². The van der Waals surface area contributed by atoms with Crippen LogP contribution in [0, 0.1) is 5.41 Å². The first kappa shape index (κ1) is 23.1. The Balaban J connectivity index is 1.36. The van der Waals surface area contributed by atoms with Crippen LogP contribution < -0.4 is 5.32 Å². The monoisotopic (exact) mass is 507 g/mol. The molecular weight excluding hydrogens is 482 g/mol. The zero-order valence-electron chi connectivity index (χ0n) is 20.7. The van der Waals surface area contributed by atoms with Crippen LogP contribution >= 0.6 is 11.3 Å². The number of nitrogens with one attached hydrogen (secondary N) is 3. The zero-order valence-corrected chi connectivity index (χ0v) is 21.5. The molecule has 0 atom stereocenters. The normalized spacial score (nSPS) is 11.9. The van der Waals surface area contributed by atoms with Gasteiger partial charge in [0.05, 0.1) is 46.7 Å². The van der Waals surface area contributed by atoms with Crippen molar-refractivity contribution in [1.82, 2.24) is 30.1 Å². The van der Waals surface area contributed by atoms with Crippen LogP contribution in [-0.2, 0) is 4.79 Å². The standard InChI is InChI=1S/C28H25N7OS/c1-28(2,3)10-26(36)32-17-7-16(11-29-12-17)21-9-19-24(15-31-21)34-35-27(19)22-8-18-20(25-5-4-6-37-25)13-30-14-23(18)33-22/h4-9,11-15,33H,10H2,1-3H3,(H,32,36)(H,34,35). The number of rotatable bonds is 5. The van der Waals surface area contributed by atoms with Crippen molar-refractivity contribution in [3.63, 3.8) is 0 Å². The summed E-state index contributed by atoms with van der Waals surface area (Å²) in [5, 5.41) is 14.7. The summed E-state index contributed by atoms with van der Waals surface area (Å²) < 4.78 is 0. The van der Waals surface area contributed by atoms with Gasteiger partial charge in [-0.15, -0.1) is 11.3 Å². The molecule has 6 aromatic rings. The van der Waals surface area contributed by atoms with Gasteiger partial charge in [0.25, 0.3) is 0 Å². The number of nitrogens with zero attached hydrogens (tertiary/aromatic N) is 4. The summed E-state index contributed by atoms with van der Waals surface area (Å²) in [6, 6.07) is 10.2. The lowest BCUT2D eigenvalue weighted by Crippen LogP contribution is -2.19. The number of pyridine rings is 3. The van der Waals surface area contributed by atoms with Crippen molar-refractivity contribution in [2.45, 2.75) is 27.2 Å². The summed E-state index contributed by atoms with van der Waals surface area (Å²) in [5.74, 6) is -0.0396. The Morgan fingerprint density at radius 1 is 1.00 bits per heavy atom. The van der Waals surface area contributed by atoms with Crippen LogP contribution in [0.3, 0.4) is 0 Å². The van der Waals surface area contributed by atoms with Crippen LogP contribution in [0.25, 0.3) is 54.9 Å². The van der Waals surface area contributed by atoms with Crippen LogP contribution in [0.15, 0.2) is 66.7 Å². The Hall–Kier alpha value is -4.37. The second kappa shape index (κ2) is 8.94. The molecule has 0 bridgehead atoms. The molecule has 0 saturated heterocycles. The minimum absolute atomic E-state index is 0.0396. The highest BCUT2D eigenvalue weighted by Crippen LogP contribution is 2.35. The molecule has 0 saturated carbocycles. The number of aromatic nitrogens is 6. The van der Waals surface area contributed by atoms with Gasteiger partial charge in [0.15, 0.2) is 0 Å². The Morgan fingerprint density at radius 2 is 1.86 bits per heavy atom. The number of H-pyrrole nitrogens is 2. The van der Waals surface area contributed by atoms with Crippen molar-refractivity contribution in [2.24, 2.45) is 5.41 Å². The van der Waals surface area contributed by atoms with E-state index in [4.69, 9.17) is 0 Å². The maximum absolute atomic E-state index is 12.4. The summed E-state index contributed by atoms with van der Waals surface area (Å²) in [4.78, 5) is 30.4. The van der Waals surface area contributed by atoms with E-state index in [0.717, 1.165) is 50.0 Å². The molecule has 9 heteroatoms. The second-order valence-corrected chi connectivity index (χ2v) is 11.2. The van der Waals surface area contributed by atoms with Crippen LogP contribution in [0.5, 0.6) is 0 Å². The van der Waals surface area contributed by atoms with E-state index in [2.05, 4.69) is 53.0 Å². The molecule has 6 rings (SSSR count). The third-order valence-electron chi connectivity index (χ3n) is 6.04. The van der Waals surface area contributed by atoms with Gasteiger partial charge in [-0.25, -0.2) is 0 Å². The third kappa shape index (κ3) is 4.61. The van der Waals surface area contributed by atoms with E-state index in [1.807, 2.05) is 51.4 Å². The molecule has 0 unspecified atom stereocenters. The maximum atomic E-state index is 12.4. The molecule has 3 N–H and O–H groups in total. The summed E-state index contributed by atoms with van der Waals surface area (Å²) in [6.45, 7) is 6.11. The van der Waals surface area contributed by atoms with E-state index >= 15 is 0 Å². The number of amides is 1. The Kier molecular flexibility index (Phi) is 5.57. The highest BCUT2D eigenvalue weighted by atomic mass is 32.1. The van der Waals surface area contributed by atoms with Crippen molar-refractivity contribution in [3.8, 4) is 33.1 Å². The van der Waals surface area contributed by atoms with Gasteiger partial charge in [0.1, 0.15) is 5.69 Å². The third-order valence-corrected chi connectivity index (χ3v) is 6.95. The Labute approximate surface area is 217 Å². The molecule has 184 valence electrons. The average Bonchev–Trinajstić information content (AvgIpc) is 3.61. The first-order chi connectivity index (χ1) is 17.8. The van der Waals surface area contributed by atoms with Gasteiger partial charge >= 0.3 is 0 Å². The lowest BCUT2D eigenvalue weighted by atomic mass is 9.92. The topological polar surface area (TPSA) is 112 Å². The molecule has 0 aromatic carbocycles. The summed E-state index contributed by atoms with van der Waals surface area (Å²) >= 11 is 1.69. The number of hydrogen-bond acceptors (Lipinski definition) is 6. The number of hydrogen-bond donors (Lipinski definition) is 3. The summed E-state index contributed by atoms with van der Waals surface area (Å²) in [7, 11) is 0. The molecule has 0 aliphatic carbocycles. The molecule has 0 aliphatic heterocycles.